The van der Waals surface area contributed by atoms with Gasteiger partial charge in [0.25, 0.3) is 5.91 Å². The van der Waals surface area contributed by atoms with Gasteiger partial charge >= 0.3 is 0 Å². The van der Waals surface area contributed by atoms with E-state index in [0.29, 0.717) is 12.2 Å². The topological polar surface area (TPSA) is 33.2 Å². The number of thiophene rings is 1. The van der Waals surface area contributed by atoms with Crippen LogP contribution >= 0.6 is 11.3 Å². The van der Waals surface area contributed by atoms with Crippen molar-refractivity contribution < 1.29 is 4.79 Å². The molecule has 4 heteroatoms. The predicted octanol–water partition coefficient (Wildman–Crippen LogP) is 2.72. The van der Waals surface area contributed by atoms with Gasteiger partial charge in [0.05, 0.1) is 0 Å². The Morgan fingerprint density at radius 3 is 2.88 bits per heavy atom. The van der Waals surface area contributed by atoms with Crippen LogP contribution in [0.15, 0.2) is 35.0 Å². The van der Waals surface area contributed by atoms with Crippen LogP contribution in [0.4, 0.5) is 0 Å². The number of amides is 1. The van der Waals surface area contributed by atoms with Crippen LogP contribution in [0.5, 0.6) is 0 Å². The highest BCUT2D eigenvalue weighted by Crippen LogP contribution is 2.10. The fraction of sp³-hybridized carbons (Fsp3) is 0.231. The first-order valence-corrected chi connectivity index (χ1v) is 6.31. The van der Waals surface area contributed by atoms with E-state index in [1.165, 1.54) is 0 Å². The van der Waals surface area contributed by atoms with Crippen molar-refractivity contribution in [3.05, 3.63) is 52.0 Å². The number of nitrogens with zero attached hydrogens (tertiary/aromatic N) is 2. The Labute approximate surface area is 105 Å². The van der Waals surface area contributed by atoms with Gasteiger partial charge in [-0.1, -0.05) is 6.07 Å². The van der Waals surface area contributed by atoms with E-state index in [9.17, 15) is 4.79 Å². The van der Waals surface area contributed by atoms with Crippen LogP contribution in [0.25, 0.3) is 0 Å². The zero-order valence-corrected chi connectivity index (χ0v) is 10.7. The molecule has 0 aliphatic heterocycles. The van der Waals surface area contributed by atoms with E-state index < -0.39 is 0 Å². The monoisotopic (exact) mass is 246 g/mol. The van der Waals surface area contributed by atoms with E-state index in [2.05, 4.69) is 4.98 Å². The maximum absolute atomic E-state index is 12.1. The van der Waals surface area contributed by atoms with Crippen molar-refractivity contribution in [2.75, 3.05) is 7.05 Å². The lowest BCUT2D eigenvalue weighted by Crippen LogP contribution is -2.26. The molecule has 1 amide bonds. The molecule has 0 spiro atoms. The average molecular weight is 246 g/mol. The quantitative estimate of drug-likeness (QED) is 0.834. The number of hydrogen-bond acceptors (Lipinski definition) is 3. The highest BCUT2D eigenvalue weighted by atomic mass is 32.1. The summed E-state index contributed by atoms with van der Waals surface area (Å²) < 4.78 is 0. The number of carbonyl (C=O) groups is 1. The summed E-state index contributed by atoms with van der Waals surface area (Å²) in [7, 11) is 1.80. The summed E-state index contributed by atoms with van der Waals surface area (Å²) in [4.78, 5) is 18.0. The number of aromatic nitrogens is 1. The first-order valence-electron chi connectivity index (χ1n) is 5.37. The van der Waals surface area contributed by atoms with Gasteiger partial charge in [-0.2, -0.15) is 11.3 Å². The third-order valence-corrected chi connectivity index (χ3v) is 3.19. The van der Waals surface area contributed by atoms with Gasteiger partial charge in [0, 0.05) is 19.3 Å². The summed E-state index contributed by atoms with van der Waals surface area (Å²) in [6, 6.07) is 7.52. The normalized spacial score (nSPS) is 10.2. The molecule has 0 saturated carbocycles. The first kappa shape index (κ1) is 11.8. The molecule has 2 aromatic rings. The van der Waals surface area contributed by atoms with E-state index in [1.807, 2.05) is 35.9 Å². The Bertz CT molecular complexity index is 508. The Balaban J connectivity index is 2.09. The van der Waals surface area contributed by atoms with Crippen molar-refractivity contribution in [2.24, 2.45) is 0 Å². The van der Waals surface area contributed by atoms with E-state index >= 15 is 0 Å². The summed E-state index contributed by atoms with van der Waals surface area (Å²) in [5, 5.41) is 4.06. The van der Waals surface area contributed by atoms with Crippen LogP contribution in [0, 0.1) is 6.92 Å². The number of carbonyl (C=O) groups excluding carboxylic acids is 1. The average Bonchev–Trinajstić information content (AvgIpc) is 2.80. The van der Waals surface area contributed by atoms with E-state index in [4.69, 9.17) is 0 Å². The van der Waals surface area contributed by atoms with Crippen molar-refractivity contribution in [1.82, 2.24) is 9.88 Å². The van der Waals surface area contributed by atoms with Gasteiger partial charge in [0.15, 0.2) is 0 Å². The summed E-state index contributed by atoms with van der Waals surface area (Å²) in [5.74, 6) is -0.0418. The lowest BCUT2D eigenvalue weighted by molar-refractivity contribution is 0.0779. The minimum absolute atomic E-state index is 0.0418. The fourth-order valence-corrected chi connectivity index (χ4v) is 2.25. The van der Waals surface area contributed by atoms with E-state index in [1.54, 1.807) is 29.4 Å². The maximum atomic E-state index is 12.1. The van der Waals surface area contributed by atoms with Gasteiger partial charge in [-0.05, 0) is 41.4 Å². The minimum Gasteiger partial charge on any atom is -0.336 e. The van der Waals surface area contributed by atoms with Gasteiger partial charge in [-0.3, -0.25) is 4.79 Å². The van der Waals surface area contributed by atoms with Gasteiger partial charge in [0.1, 0.15) is 5.69 Å². The Morgan fingerprint density at radius 2 is 2.24 bits per heavy atom. The van der Waals surface area contributed by atoms with Crippen LogP contribution in [0.3, 0.4) is 0 Å². The molecule has 0 aliphatic rings. The van der Waals surface area contributed by atoms with E-state index in [-0.39, 0.29) is 5.91 Å². The van der Waals surface area contributed by atoms with Crippen LogP contribution in [0.2, 0.25) is 0 Å². The van der Waals surface area contributed by atoms with Crippen LogP contribution in [-0.2, 0) is 6.54 Å². The number of pyridine rings is 1. The molecule has 17 heavy (non-hydrogen) atoms. The maximum Gasteiger partial charge on any atom is 0.272 e. The standard InChI is InChI=1S/C13H14N2OS/c1-10-4-3-5-12(14-10)13(16)15(2)8-11-6-7-17-9-11/h3-7,9H,8H2,1-2H3. The zero-order valence-electron chi connectivity index (χ0n) is 9.88. The third-order valence-electron chi connectivity index (χ3n) is 2.45. The second-order valence-corrected chi connectivity index (χ2v) is 4.74. The Hall–Kier alpha value is -1.68. The molecule has 2 aromatic heterocycles. The van der Waals surface area contributed by atoms with Crippen molar-refractivity contribution >= 4 is 17.2 Å². The van der Waals surface area contributed by atoms with Gasteiger partial charge < -0.3 is 4.90 Å². The van der Waals surface area contributed by atoms with Crippen LogP contribution in [-0.4, -0.2) is 22.8 Å². The van der Waals surface area contributed by atoms with Crippen LogP contribution in [0.1, 0.15) is 21.7 Å². The molecule has 88 valence electrons. The summed E-state index contributed by atoms with van der Waals surface area (Å²) in [6.07, 6.45) is 0. The SMILES string of the molecule is Cc1cccc(C(=O)N(C)Cc2ccsc2)n1. The molecular formula is C13H14N2OS. The first-order chi connectivity index (χ1) is 8.16. The molecule has 2 heterocycles. The molecule has 0 atom stereocenters. The Morgan fingerprint density at radius 1 is 1.41 bits per heavy atom. The second kappa shape index (κ2) is 5.10. The largest absolute Gasteiger partial charge is 0.336 e. The molecule has 0 saturated heterocycles. The summed E-state index contributed by atoms with van der Waals surface area (Å²) >= 11 is 1.64. The molecule has 0 aromatic carbocycles. The Kier molecular flexibility index (Phi) is 3.54. The van der Waals surface area contributed by atoms with Crippen LogP contribution < -0.4 is 0 Å². The van der Waals surface area contributed by atoms with Gasteiger partial charge in [-0.25, -0.2) is 4.98 Å². The van der Waals surface area contributed by atoms with Crippen molar-refractivity contribution in [2.45, 2.75) is 13.5 Å². The smallest absolute Gasteiger partial charge is 0.272 e. The van der Waals surface area contributed by atoms with E-state index in [0.717, 1.165) is 11.3 Å². The lowest BCUT2D eigenvalue weighted by atomic mass is 10.2. The molecule has 2 rings (SSSR count). The molecule has 0 bridgehead atoms. The highest BCUT2D eigenvalue weighted by Gasteiger charge is 2.13. The molecule has 3 nitrogen and oxygen atoms in total. The lowest BCUT2D eigenvalue weighted by Gasteiger charge is -2.16. The third kappa shape index (κ3) is 2.91. The molecule has 0 radical (unpaired) electrons. The second-order valence-electron chi connectivity index (χ2n) is 3.96. The predicted molar refractivity (Wildman–Crippen MR) is 69.1 cm³/mol. The molecule has 0 fully saturated rings. The van der Waals surface area contributed by atoms with Gasteiger partial charge in [-0.15, -0.1) is 0 Å². The minimum atomic E-state index is -0.0418. The number of hydrogen-bond donors (Lipinski definition) is 0. The zero-order chi connectivity index (χ0) is 12.3. The number of rotatable bonds is 3. The van der Waals surface area contributed by atoms with Crippen molar-refractivity contribution in [1.29, 1.82) is 0 Å². The highest BCUT2D eigenvalue weighted by molar-refractivity contribution is 7.07. The fourth-order valence-electron chi connectivity index (χ4n) is 1.59. The molecule has 0 unspecified atom stereocenters. The summed E-state index contributed by atoms with van der Waals surface area (Å²) in [6.45, 7) is 2.51. The molecule has 0 N–H and O–H groups in total. The van der Waals surface area contributed by atoms with Crippen molar-refractivity contribution in [3.8, 4) is 0 Å². The van der Waals surface area contributed by atoms with Crippen molar-refractivity contribution in [3.63, 3.8) is 0 Å². The summed E-state index contributed by atoms with van der Waals surface area (Å²) in [5.41, 5.74) is 2.51. The van der Waals surface area contributed by atoms with Gasteiger partial charge in [0.2, 0.25) is 0 Å². The molecular weight excluding hydrogens is 232 g/mol. The number of aryl methyl sites for hydroxylation is 1. The molecule has 0 aliphatic carbocycles.